The van der Waals surface area contributed by atoms with Gasteiger partial charge in [-0.25, -0.2) is 8.42 Å². The second-order valence-corrected chi connectivity index (χ2v) is 7.52. The topological polar surface area (TPSA) is 58.6 Å². The third-order valence-electron chi connectivity index (χ3n) is 3.45. The number of halogens is 1. The average molecular weight is 383 g/mol. The Hall–Kier alpha value is -1.73. The molecule has 0 aromatic heterocycles. The minimum absolute atomic E-state index is 0.208. The lowest BCUT2D eigenvalue weighted by Gasteiger charge is -2.28. The van der Waals surface area contributed by atoms with Gasteiger partial charge in [0.15, 0.2) is 0 Å². The molecule has 7 heteroatoms. The van der Waals surface area contributed by atoms with Gasteiger partial charge in [-0.05, 0) is 46.3 Å². The quantitative estimate of drug-likeness (QED) is 0.885. The number of hydrogen-bond donors (Lipinski definition) is 1. The molecule has 3 rings (SSSR count). The van der Waals surface area contributed by atoms with Crippen molar-refractivity contribution in [3.05, 3.63) is 46.9 Å². The van der Waals surface area contributed by atoms with Gasteiger partial charge in [0.05, 0.1) is 22.8 Å². The van der Waals surface area contributed by atoms with E-state index in [1.165, 1.54) is 0 Å². The zero-order chi connectivity index (χ0) is 15.7. The Balaban J connectivity index is 1.96. The van der Waals surface area contributed by atoms with E-state index in [0.29, 0.717) is 22.5 Å². The smallest absolute Gasteiger partial charge is 0.262 e. The Morgan fingerprint density at radius 1 is 1.23 bits per heavy atom. The van der Waals surface area contributed by atoms with Crippen LogP contribution in [0.2, 0.25) is 0 Å². The summed E-state index contributed by atoms with van der Waals surface area (Å²) in [4.78, 5) is 2.19. The van der Waals surface area contributed by atoms with Crippen molar-refractivity contribution >= 4 is 37.3 Å². The first-order chi connectivity index (χ1) is 10.5. The Morgan fingerprint density at radius 3 is 2.77 bits per heavy atom. The molecule has 116 valence electrons. The van der Waals surface area contributed by atoms with Gasteiger partial charge in [0.25, 0.3) is 10.0 Å². The lowest BCUT2D eigenvalue weighted by Crippen LogP contribution is -2.29. The number of likely N-dealkylation sites (N-methyl/N-ethyl adjacent to an activating group) is 1. The lowest BCUT2D eigenvalue weighted by molar-refractivity contribution is 0.311. The molecule has 1 aliphatic heterocycles. The number of hydrogen-bond acceptors (Lipinski definition) is 4. The molecule has 0 saturated heterocycles. The summed E-state index contributed by atoms with van der Waals surface area (Å²) in [7, 11) is -1.74. The SMILES string of the molecule is CN1CCOc2ccc(S(=O)(=O)Nc3ccccc3Br)cc21. The van der Waals surface area contributed by atoms with Crippen molar-refractivity contribution in [3.63, 3.8) is 0 Å². The van der Waals surface area contributed by atoms with E-state index >= 15 is 0 Å². The van der Waals surface area contributed by atoms with Crippen molar-refractivity contribution in [2.24, 2.45) is 0 Å². The molecule has 5 nitrogen and oxygen atoms in total. The van der Waals surface area contributed by atoms with Crippen molar-refractivity contribution in [2.45, 2.75) is 4.90 Å². The van der Waals surface area contributed by atoms with Crippen LogP contribution in [0.25, 0.3) is 0 Å². The normalized spacial score (nSPS) is 14.2. The zero-order valence-electron chi connectivity index (χ0n) is 11.9. The molecule has 0 saturated carbocycles. The van der Waals surface area contributed by atoms with Gasteiger partial charge in [0, 0.05) is 11.5 Å². The fourth-order valence-corrected chi connectivity index (χ4v) is 3.86. The monoisotopic (exact) mass is 382 g/mol. The molecular formula is C15H15BrN2O3S. The number of nitrogens with one attached hydrogen (secondary N) is 1. The number of rotatable bonds is 3. The standard InChI is InChI=1S/C15H15BrN2O3S/c1-18-8-9-21-15-7-6-11(10-14(15)18)22(19,20)17-13-5-3-2-4-12(13)16/h2-7,10,17H,8-9H2,1H3. The summed E-state index contributed by atoms with van der Waals surface area (Å²) in [5, 5.41) is 0. The average Bonchev–Trinajstić information content (AvgIpc) is 2.49. The summed E-state index contributed by atoms with van der Waals surface area (Å²) in [6.07, 6.45) is 0. The Kier molecular flexibility index (Phi) is 4.01. The number of ether oxygens (including phenoxy) is 1. The van der Waals surface area contributed by atoms with Crippen molar-refractivity contribution in [2.75, 3.05) is 29.8 Å². The van der Waals surface area contributed by atoms with E-state index in [1.807, 2.05) is 18.0 Å². The second-order valence-electron chi connectivity index (χ2n) is 4.98. The van der Waals surface area contributed by atoms with Gasteiger partial charge in [-0.2, -0.15) is 0 Å². The van der Waals surface area contributed by atoms with Gasteiger partial charge in [0.2, 0.25) is 0 Å². The highest BCUT2D eigenvalue weighted by atomic mass is 79.9. The van der Waals surface area contributed by atoms with Crippen LogP contribution in [-0.4, -0.2) is 28.6 Å². The van der Waals surface area contributed by atoms with Crippen LogP contribution in [0.3, 0.4) is 0 Å². The van der Waals surface area contributed by atoms with Crippen molar-refractivity contribution in [1.82, 2.24) is 0 Å². The Morgan fingerprint density at radius 2 is 2.00 bits per heavy atom. The predicted molar refractivity (Wildman–Crippen MR) is 90.2 cm³/mol. The molecule has 0 aliphatic carbocycles. The van der Waals surface area contributed by atoms with Gasteiger partial charge in [-0.3, -0.25) is 4.72 Å². The lowest BCUT2D eigenvalue weighted by atomic mass is 10.2. The highest BCUT2D eigenvalue weighted by Crippen LogP contribution is 2.33. The van der Waals surface area contributed by atoms with Crippen LogP contribution in [0.4, 0.5) is 11.4 Å². The number of nitrogens with zero attached hydrogens (tertiary/aromatic N) is 1. The maximum absolute atomic E-state index is 12.6. The van der Waals surface area contributed by atoms with Crippen molar-refractivity contribution in [1.29, 1.82) is 0 Å². The highest BCUT2D eigenvalue weighted by molar-refractivity contribution is 9.10. The van der Waals surface area contributed by atoms with Crippen LogP contribution >= 0.6 is 15.9 Å². The van der Waals surface area contributed by atoms with E-state index in [0.717, 1.165) is 12.2 Å². The van der Waals surface area contributed by atoms with Crippen LogP contribution < -0.4 is 14.4 Å². The maximum atomic E-state index is 12.6. The highest BCUT2D eigenvalue weighted by Gasteiger charge is 2.21. The Labute approximate surface area is 138 Å². The van der Waals surface area contributed by atoms with Gasteiger partial charge in [0.1, 0.15) is 12.4 Å². The summed E-state index contributed by atoms with van der Waals surface area (Å²) in [5.74, 6) is 0.702. The molecule has 22 heavy (non-hydrogen) atoms. The van der Waals surface area contributed by atoms with E-state index < -0.39 is 10.0 Å². The number of fused-ring (bicyclic) bond motifs is 1. The van der Waals surface area contributed by atoms with E-state index in [1.54, 1.807) is 36.4 Å². The molecule has 1 heterocycles. The molecule has 0 atom stereocenters. The van der Waals surface area contributed by atoms with Crippen LogP contribution in [0.15, 0.2) is 51.8 Å². The summed E-state index contributed by atoms with van der Waals surface area (Å²) >= 11 is 3.34. The molecule has 1 N–H and O–H groups in total. The number of benzene rings is 2. The van der Waals surface area contributed by atoms with E-state index in [9.17, 15) is 8.42 Å². The minimum atomic E-state index is -3.65. The molecule has 0 spiro atoms. The Bertz CT molecular complexity index is 808. The van der Waals surface area contributed by atoms with Crippen LogP contribution in [-0.2, 0) is 10.0 Å². The number of sulfonamides is 1. The molecular weight excluding hydrogens is 368 g/mol. The number of anilines is 2. The molecule has 2 aromatic rings. The van der Waals surface area contributed by atoms with Crippen LogP contribution in [0.5, 0.6) is 5.75 Å². The van der Waals surface area contributed by atoms with E-state index in [4.69, 9.17) is 4.74 Å². The second kappa shape index (κ2) is 5.81. The summed E-state index contributed by atoms with van der Waals surface area (Å²) in [5.41, 5.74) is 1.28. The van der Waals surface area contributed by atoms with Gasteiger partial charge in [-0.1, -0.05) is 12.1 Å². The van der Waals surface area contributed by atoms with E-state index in [2.05, 4.69) is 20.7 Å². The molecule has 2 aromatic carbocycles. The fourth-order valence-electron chi connectivity index (χ4n) is 2.25. The third-order valence-corrected chi connectivity index (χ3v) is 5.51. The van der Waals surface area contributed by atoms with Crippen molar-refractivity contribution < 1.29 is 13.2 Å². The zero-order valence-corrected chi connectivity index (χ0v) is 14.3. The number of para-hydroxylation sites is 1. The first-order valence-electron chi connectivity index (χ1n) is 6.73. The fraction of sp³-hybridized carbons (Fsp3) is 0.200. The van der Waals surface area contributed by atoms with Gasteiger partial charge in [-0.15, -0.1) is 0 Å². The van der Waals surface area contributed by atoms with E-state index in [-0.39, 0.29) is 4.90 Å². The minimum Gasteiger partial charge on any atom is -0.490 e. The molecule has 0 fully saturated rings. The summed E-state index contributed by atoms with van der Waals surface area (Å²) < 4.78 is 33.9. The van der Waals surface area contributed by atoms with Crippen LogP contribution in [0.1, 0.15) is 0 Å². The molecule has 0 bridgehead atoms. The molecule has 0 radical (unpaired) electrons. The molecule has 1 aliphatic rings. The summed E-state index contributed by atoms with van der Waals surface area (Å²) in [6, 6.07) is 12.0. The maximum Gasteiger partial charge on any atom is 0.262 e. The third kappa shape index (κ3) is 2.91. The van der Waals surface area contributed by atoms with Crippen LogP contribution in [0, 0.1) is 0 Å². The van der Waals surface area contributed by atoms with Gasteiger partial charge < -0.3 is 9.64 Å². The first kappa shape index (κ1) is 15.2. The summed E-state index contributed by atoms with van der Waals surface area (Å²) in [6.45, 7) is 1.33. The molecule has 0 unspecified atom stereocenters. The van der Waals surface area contributed by atoms with Crippen molar-refractivity contribution in [3.8, 4) is 5.75 Å². The predicted octanol–water partition coefficient (Wildman–Crippen LogP) is 3.08. The molecule has 0 amide bonds. The van der Waals surface area contributed by atoms with Gasteiger partial charge >= 0.3 is 0 Å². The first-order valence-corrected chi connectivity index (χ1v) is 9.00. The largest absolute Gasteiger partial charge is 0.490 e.